The standard InChI is InChI=1S/C29H20BN3/c1-3-11-21(12-4-1)32-25-17-9-7-15-23(25)30-24-16-8-10-18-26(24)33(22-13-5-2-6-14-22)29-28(30)27(32)19-20-31-29/h1-20H. The molecule has 0 amide bonds. The Morgan fingerprint density at radius 2 is 1.00 bits per heavy atom. The van der Waals surface area contributed by atoms with Crippen LogP contribution >= 0.6 is 0 Å². The fourth-order valence-electron chi connectivity index (χ4n) is 5.39. The number of pyridine rings is 1. The third kappa shape index (κ3) is 2.61. The zero-order valence-electron chi connectivity index (χ0n) is 18.0. The molecule has 4 heteroatoms. The number of para-hydroxylation sites is 4. The average Bonchev–Trinajstić information content (AvgIpc) is 2.89. The van der Waals surface area contributed by atoms with E-state index in [1.165, 1.54) is 33.5 Å². The molecule has 0 saturated carbocycles. The molecule has 33 heavy (non-hydrogen) atoms. The molecule has 2 aliphatic heterocycles. The Morgan fingerprint density at radius 1 is 0.485 bits per heavy atom. The first kappa shape index (κ1) is 18.3. The van der Waals surface area contributed by atoms with E-state index < -0.39 is 0 Å². The summed E-state index contributed by atoms with van der Waals surface area (Å²) < 4.78 is 0. The molecular weight excluding hydrogens is 401 g/mol. The van der Waals surface area contributed by atoms with Crippen molar-refractivity contribution >= 4 is 57.4 Å². The molecule has 0 radical (unpaired) electrons. The van der Waals surface area contributed by atoms with Crippen molar-refractivity contribution in [1.82, 2.24) is 4.98 Å². The molecule has 154 valence electrons. The number of aromatic nitrogens is 1. The van der Waals surface area contributed by atoms with Crippen molar-refractivity contribution in [3.8, 4) is 0 Å². The van der Waals surface area contributed by atoms with Crippen molar-refractivity contribution < 1.29 is 0 Å². The highest BCUT2D eigenvalue weighted by Crippen LogP contribution is 2.42. The molecule has 0 spiro atoms. The van der Waals surface area contributed by atoms with Crippen LogP contribution in [0.1, 0.15) is 0 Å². The lowest BCUT2D eigenvalue weighted by Crippen LogP contribution is -2.61. The molecule has 0 saturated heterocycles. The van der Waals surface area contributed by atoms with E-state index in [1.54, 1.807) is 0 Å². The maximum Gasteiger partial charge on any atom is 0.254 e. The molecule has 5 aromatic rings. The molecular formula is C29H20BN3. The van der Waals surface area contributed by atoms with Crippen molar-refractivity contribution in [3.63, 3.8) is 0 Å². The summed E-state index contributed by atoms with van der Waals surface area (Å²) in [6.07, 6.45) is 1.94. The maximum absolute atomic E-state index is 4.97. The van der Waals surface area contributed by atoms with Crippen LogP contribution in [-0.2, 0) is 0 Å². The first-order valence-corrected chi connectivity index (χ1v) is 11.3. The number of fused-ring (bicyclic) bond motifs is 4. The van der Waals surface area contributed by atoms with Crippen LogP contribution in [0.5, 0.6) is 0 Å². The second kappa shape index (κ2) is 7.11. The predicted molar refractivity (Wildman–Crippen MR) is 138 cm³/mol. The summed E-state index contributed by atoms with van der Waals surface area (Å²) in [6, 6.07) is 40.9. The Bertz CT molecular complexity index is 1370. The van der Waals surface area contributed by atoms with E-state index >= 15 is 0 Å². The third-order valence-electron chi connectivity index (χ3n) is 6.69. The van der Waals surface area contributed by atoms with Gasteiger partial charge in [0.25, 0.3) is 6.71 Å². The van der Waals surface area contributed by atoms with Crippen LogP contribution in [-0.4, -0.2) is 11.7 Å². The summed E-state index contributed by atoms with van der Waals surface area (Å²) in [4.78, 5) is 9.65. The van der Waals surface area contributed by atoms with Gasteiger partial charge in [0.2, 0.25) is 0 Å². The van der Waals surface area contributed by atoms with Crippen molar-refractivity contribution in [1.29, 1.82) is 0 Å². The molecule has 1 aromatic heterocycles. The molecule has 0 unspecified atom stereocenters. The van der Waals surface area contributed by atoms with Crippen LogP contribution in [0.15, 0.2) is 121 Å². The van der Waals surface area contributed by atoms with E-state index in [2.05, 4.69) is 125 Å². The lowest BCUT2D eigenvalue weighted by atomic mass is 9.34. The fraction of sp³-hybridized carbons (Fsp3) is 0. The summed E-state index contributed by atoms with van der Waals surface area (Å²) in [7, 11) is 0. The zero-order chi connectivity index (χ0) is 21.8. The lowest BCUT2D eigenvalue weighted by molar-refractivity contribution is 1.17. The van der Waals surface area contributed by atoms with E-state index in [-0.39, 0.29) is 6.71 Å². The lowest BCUT2D eigenvalue weighted by Gasteiger charge is -2.43. The summed E-state index contributed by atoms with van der Waals surface area (Å²) in [6.45, 7) is 0.135. The Hall–Kier alpha value is -4.31. The number of benzene rings is 4. The van der Waals surface area contributed by atoms with Crippen molar-refractivity contribution in [2.75, 3.05) is 9.80 Å². The minimum atomic E-state index is 0.135. The second-order valence-corrected chi connectivity index (χ2v) is 8.46. The molecule has 0 bridgehead atoms. The van der Waals surface area contributed by atoms with Crippen LogP contribution in [0.4, 0.5) is 34.3 Å². The SMILES string of the molecule is c1ccc(N2c3ccccc3B3c4ccccc4N(c4ccccc4)c4nccc2c43)cc1. The largest absolute Gasteiger partial charge is 0.311 e. The van der Waals surface area contributed by atoms with Gasteiger partial charge in [-0.25, -0.2) is 4.98 Å². The van der Waals surface area contributed by atoms with E-state index in [4.69, 9.17) is 4.98 Å². The van der Waals surface area contributed by atoms with Gasteiger partial charge in [-0.1, -0.05) is 72.8 Å². The summed E-state index contributed by atoms with van der Waals surface area (Å²) in [5.41, 5.74) is 9.74. The van der Waals surface area contributed by atoms with Crippen LogP contribution < -0.4 is 26.2 Å². The summed E-state index contributed by atoms with van der Waals surface area (Å²) in [5.74, 6) is 0.998. The van der Waals surface area contributed by atoms with Crippen LogP contribution in [0, 0.1) is 0 Å². The smallest absolute Gasteiger partial charge is 0.254 e. The van der Waals surface area contributed by atoms with E-state index in [1.807, 2.05) is 6.20 Å². The van der Waals surface area contributed by atoms with Gasteiger partial charge in [0.05, 0.1) is 0 Å². The van der Waals surface area contributed by atoms with Gasteiger partial charge in [0, 0.05) is 34.6 Å². The van der Waals surface area contributed by atoms with Crippen molar-refractivity contribution in [3.05, 3.63) is 121 Å². The van der Waals surface area contributed by atoms with Crippen molar-refractivity contribution in [2.24, 2.45) is 0 Å². The van der Waals surface area contributed by atoms with Gasteiger partial charge in [-0.2, -0.15) is 0 Å². The zero-order valence-corrected chi connectivity index (χ0v) is 18.0. The number of rotatable bonds is 2. The molecule has 0 N–H and O–H groups in total. The van der Waals surface area contributed by atoms with E-state index in [0.717, 1.165) is 17.2 Å². The Labute approximate surface area is 193 Å². The van der Waals surface area contributed by atoms with Gasteiger partial charge < -0.3 is 4.90 Å². The van der Waals surface area contributed by atoms with E-state index in [0.29, 0.717) is 0 Å². The van der Waals surface area contributed by atoms with Gasteiger partial charge in [0.15, 0.2) is 0 Å². The average molecular weight is 421 g/mol. The summed E-state index contributed by atoms with van der Waals surface area (Å²) >= 11 is 0. The minimum absolute atomic E-state index is 0.135. The third-order valence-corrected chi connectivity index (χ3v) is 6.69. The summed E-state index contributed by atoms with van der Waals surface area (Å²) in [5, 5.41) is 0. The first-order chi connectivity index (χ1) is 16.4. The van der Waals surface area contributed by atoms with Crippen LogP contribution in [0.2, 0.25) is 0 Å². The van der Waals surface area contributed by atoms with Gasteiger partial charge >= 0.3 is 0 Å². The van der Waals surface area contributed by atoms with Crippen LogP contribution in [0.25, 0.3) is 0 Å². The molecule has 4 aromatic carbocycles. The maximum atomic E-state index is 4.97. The number of hydrogen-bond acceptors (Lipinski definition) is 3. The van der Waals surface area contributed by atoms with Crippen molar-refractivity contribution in [2.45, 2.75) is 0 Å². The Balaban J connectivity index is 1.58. The van der Waals surface area contributed by atoms with Crippen LogP contribution in [0.3, 0.4) is 0 Å². The van der Waals surface area contributed by atoms with Gasteiger partial charge in [-0.05, 0) is 58.9 Å². The van der Waals surface area contributed by atoms with Gasteiger partial charge in [0.1, 0.15) is 5.82 Å². The first-order valence-electron chi connectivity index (χ1n) is 11.3. The molecule has 3 nitrogen and oxygen atoms in total. The Morgan fingerprint density at radius 3 is 1.64 bits per heavy atom. The highest BCUT2D eigenvalue weighted by Gasteiger charge is 2.43. The van der Waals surface area contributed by atoms with E-state index in [9.17, 15) is 0 Å². The molecule has 2 aliphatic rings. The molecule has 0 fully saturated rings. The highest BCUT2D eigenvalue weighted by molar-refractivity contribution is 7.00. The number of hydrogen-bond donors (Lipinski definition) is 0. The number of nitrogens with zero attached hydrogens (tertiary/aromatic N) is 3. The molecule has 0 atom stereocenters. The molecule has 3 heterocycles. The normalized spacial score (nSPS) is 13.3. The predicted octanol–water partition coefficient (Wildman–Crippen LogP) is 5.16. The minimum Gasteiger partial charge on any atom is -0.311 e. The monoisotopic (exact) mass is 421 g/mol. The quantitative estimate of drug-likeness (QED) is 0.360. The number of anilines is 6. The topological polar surface area (TPSA) is 19.4 Å². The second-order valence-electron chi connectivity index (χ2n) is 8.46. The Kier molecular flexibility index (Phi) is 3.94. The van der Waals surface area contributed by atoms with Gasteiger partial charge in [-0.15, -0.1) is 0 Å². The highest BCUT2D eigenvalue weighted by atomic mass is 15.2. The fourth-order valence-corrected chi connectivity index (χ4v) is 5.39. The molecule has 0 aliphatic carbocycles. The van der Waals surface area contributed by atoms with Gasteiger partial charge in [-0.3, -0.25) is 4.90 Å². The molecule has 7 rings (SSSR count).